The second-order valence-electron chi connectivity index (χ2n) is 3.25. The molecular weight excluding hydrogens is 244 g/mol. The highest BCUT2D eigenvalue weighted by Crippen LogP contribution is 2.35. The van der Waals surface area contributed by atoms with Crippen LogP contribution in [0.15, 0.2) is 46.7 Å². The van der Waals surface area contributed by atoms with Gasteiger partial charge in [-0.1, -0.05) is 11.8 Å². The van der Waals surface area contributed by atoms with Crippen LogP contribution >= 0.6 is 11.8 Å². The van der Waals surface area contributed by atoms with Crippen molar-refractivity contribution >= 4 is 17.4 Å². The molecule has 0 saturated carbocycles. The Kier molecular flexibility index (Phi) is 3.53. The van der Waals surface area contributed by atoms with Crippen molar-refractivity contribution in [3.05, 3.63) is 42.4 Å². The van der Waals surface area contributed by atoms with E-state index >= 15 is 0 Å². The topological polar surface area (TPSA) is 51.8 Å². The molecule has 3 nitrogen and oxygen atoms in total. The summed E-state index contributed by atoms with van der Waals surface area (Å²) in [4.78, 5) is 8.19. The second kappa shape index (κ2) is 5.09. The quantitative estimate of drug-likeness (QED) is 0.674. The van der Waals surface area contributed by atoms with Crippen molar-refractivity contribution in [3.8, 4) is 0 Å². The molecule has 0 aliphatic rings. The first-order valence-corrected chi connectivity index (χ1v) is 5.60. The lowest BCUT2D eigenvalue weighted by Crippen LogP contribution is -1.93. The fourth-order valence-corrected chi connectivity index (χ4v) is 2.14. The van der Waals surface area contributed by atoms with Gasteiger partial charge in [0.25, 0.3) is 6.43 Å². The number of halogens is 2. The standard InChI is InChI=1S/C11H9F2N3S/c12-11(13)8-5-7(14)1-2-9(8)17-10-3-4-15-6-16-10/h1-6,11H,14H2. The zero-order chi connectivity index (χ0) is 12.3. The Morgan fingerprint density at radius 1 is 1.24 bits per heavy atom. The summed E-state index contributed by atoms with van der Waals surface area (Å²) in [7, 11) is 0. The molecular formula is C11H9F2N3S. The molecule has 1 aromatic carbocycles. The van der Waals surface area contributed by atoms with Crippen molar-refractivity contribution in [2.75, 3.05) is 5.73 Å². The smallest absolute Gasteiger partial charge is 0.265 e. The van der Waals surface area contributed by atoms with Crippen LogP contribution in [0, 0.1) is 0 Å². The Hall–Kier alpha value is -1.69. The number of hydrogen-bond acceptors (Lipinski definition) is 4. The monoisotopic (exact) mass is 253 g/mol. The molecule has 0 amide bonds. The van der Waals surface area contributed by atoms with E-state index in [0.717, 1.165) is 11.8 Å². The molecule has 2 rings (SSSR count). The van der Waals surface area contributed by atoms with Gasteiger partial charge in [-0.05, 0) is 24.3 Å². The Bertz CT molecular complexity index is 505. The van der Waals surface area contributed by atoms with Gasteiger partial charge in [0.05, 0.1) is 0 Å². The van der Waals surface area contributed by atoms with E-state index in [1.54, 1.807) is 24.4 Å². The molecule has 6 heteroatoms. The predicted octanol–water partition coefficient (Wildman–Crippen LogP) is 3.15. The minimum absolute atomic E-state index is 0.0754. The molecule has 2 N–H and O–H groups in total. The van der Waals surface area contributed by atoms with E-state index < -0.39 is 6.43 Å². The Labute approximate surface area is 101 Å². The molecule has 0 aliphatic heterocycles. The van der Waals surface area contributed by atoms with Gasteiger partial charge in [-0.25, -0.2) is 18.7 Å². The number of nitrogen functional groups attached to an aromatic ring is 1. The Morgan fingerprint density at radius 2 is 2.06 bits per heavy atom. The van der Waals surface area contributed by atoms with Gasteiger partial charge in [0, 0.05) is 22.3 Å². The minimum atomic E-state index is -2.55. The van der Waals surface area contributed by atoms with Gasteiger partial charge < -0.3 is 5.73 Å². The lowest BCUT2D eigenvalue weighted by atomic mass is 10.2. The van der Waals surface area contributed by atoms with Crippen molar-refractivity contribution in [2.24, 2.45) is 0 Å². The van der Waals surface area contributed by atoms with Gasteiger partial charge in [0.2, 0.25) is 0 Å². The second-order valence-corrected chi connectivity index (χ2v) is 4.31. The molecule has 2 aromatic rings. The maximum atomic E-state index is 12.8. The van der Waals surface area contributed by atoms with Crippen LogP contribution in [0.25, 0.3) is 0 Å². The fourth-order valence-electron chi connectivity index (χ4n) is 1.28. The third-order valence-corrected chi connectivity index (χ3v) is 3.08. The molecule has 0 fully saturated rings. The normalized spacial score (nSPS) is 10.8. The van der Waals surface area contributed by atoms with E-state index in [1.807, 2.05) is 0 Å². The molecule has 0 spiro atoms. The largest absolute Gasteiger partial charge is 0.399 e. The number of benzene rings is 1. The minimum Gasteiger partial charge on any atom is -0.399 e. The summed E-state index contributed by atoms with van der Waals surface area (Å²) in [5.74, 6) is 0. The first kappa shape index (κ1) is 11.8. The summed E-state index contributed by atoms with van der Waals surface area (Å²) in [6.07, 6.45) is 0.388. The van der Waals surface area contributed by atoms with Crippen molar-refractivity contribution in [1.29, 1.82) is 0 Å². The number of nitrogens with two attached hydrogens (primary N) is 1. The van der Waals surface area contributed by atoms with E-state index in [4.69, 9.17) is 5.73 Å². The number of alkyl halides is 2. The van der Waals surface area contributed by atoms with Crippen LogP contribution in [0.4, 0.5) is 14.5 Å². The number of rotatable bonds is 3. The summed E-state index contributed by atoms with van der Waals surface area (Å²) in [5, 5.41) is 0.617. The number of nitrogens with zero attached hydrogens (tertiary/aromatic N) is 2. The molecule has 1 heterocycles. The van der Waals surface area contributed by atoms with Crippen LogP contribution < -0.4 is 5.73 Å². The molecule has 0 unspecified atom stereocenters. The average molecular weight is 253 g/mol. The van der Waals surface area contributed by atoms with Crippen LogP contribution in [0.1, 0.15) is 12.0 Å². The van der Waals surface area contributed by atoms with Crippen LogP contribution in [-0.2, 0) is 0 Å². The summed E-state index contributed by atoms with van der Waals surface area (Å²) in [5.41, 5.74) is 5.74. The van der Waals surface area contributed by atoms with Crippen molar-refractivity contribution in [1.82, 2.24) is 9.97 Å². The van der Waals surface area contributed by atoms with Crippen molar-refractivity contribution in [2.45, 2.75) is 16.3 Å². The fraction of sp³-hybridized carbons (Fsp3) is 0.0909. The van der Waals surface area contributed by atoms with Crippen LogP contribution in [0.3, 0.4) is 0 Å². The summed E-state index contributed by atoms with van der Waals surface area (Å²) in [6, 6.07) is 6.11. The lowest BCUT2D eigenvalue weighted by Gasteiger charge is -2.08. The first-order valence-electron chi connectivity index (χ1n) is 4.78. The zero-order valence-electron chi connectivity index (χ0n) is 8.68. The van der Waals surface area contributed by atoms with E-state index in [9.17, 15) is 8.78 Å². The average Bonchev–Trinajstić information content (AvgIpc) is 2.32. The maximum absolute atomic E-state index is 12.8. The SMILES string of the molecule is Nc1ccc(Sc2ccncn2)c(C(F)F)c1. The van der Waals surface area contributed by atoms with E-state index in [0.29, 0.717) is 15.6 Å². The third kappa shape index (κ3) is 2.91. The van der Waals surface area contributed by atoms with Crippen LogP contribution in [-0.4, -0.2) is 9.97 Å². The summed E-state index contributed by atoms with van der Waals surface area (Å²) >= 11 is 1.16. The molecule has 0 bridgehead atoms. The predicted molar refractivity (Wildman–Crippen MR) is 62.0 cm³/mol. The van der Waals surface area contributed by atoms with Gasteiger partial charge >= 0.3 is 0 Å². The molecule has 0 aliphatic carbocycles. The van der Waals surface area contributed by atoms with Gasteiger partial charge in [-0.2, -0.15) is 0 Å². The molecule has 1 aromatic heterocycles. The Morgan fingerprint density at radius 3 is 2.71 bits per heavy atom. The van der Waals surface area contributed by atoms with Gasteiger partial charge in [0.1, 0.15) is 11.4 Å². The van der Waals surface area contributed by atoms with Gasteiger partial charge in [0.15, 0.2) is 0 Å². The third-order valence-electron chi connectivity index (χ3n) is 2.04. The first-order chi connectivity index (χ1) is 8.16. The summed E-state index contributed by atoms with van der Waals surface area (Å²) in [6.45, 7) is 0. The molecule has 0 saturated heterocycles. The van der Waals surface area contributed by atoms with E-state index in [1.165, 1.54) is 12.4 Å². The molecule has 17 heavy (non-hydrogen) atoms. The number of aromatic nitrogens is 2. The zero-order valence-corrected chi connectivity index (χ0v) is 9.49. The van der Waals surface area contributed by atoms with E-state index in [-0.39, 0.29) is 5.56 Å². The number of anilines is 1. The van der Waals surface area contributed by atoms with Crippen LogP contribution in [0.2, 0.25) is 0 Å². The highest BCUT2D eigenvalue weighted by molar-refractivity contribution is 7.99. The highest BCUT2D eigenvalue weighted by atomic mass is 32.2. The molecule has 0 atom stereocenters. The Balaban J connectivity index is 2.33. The van der Waals surface area contributed by atoms with Gasteiger partial charge in [-0.3, -0.25) is 0 Å². The highest BCUT2D eigenvalue weighted by Gasteiger charge is 2.14. The molecule has 88 valence electrons. The van der Waals surface area contributed by atoms with E-state index in [2.05, 4.69) is 9.97 Å². The number of hydrogen-bond donors (Lipinski definition) is 1. The lowest BCUT2D eigenvalue weighted by molar-refractivity contribution is 0.148. The maximum Gasteiger partial charge on any atom is 0.265 e. The van der Waals surface area contributed by atoms with Crippen LogP contribution in [0.5, 0.6) is 0 Å². The molecule has 0 radical (unpaired) electrons. The summed E-state index contributed by atoms with van der Waals surface area (Å²) < 4.78 is 25.6. The van der Waals surface area contributed by atoms with Gasteiger partial charge in [-0.15, -0.1) is 0 Å². The van der Waals surface area contributed by atoms with Crippen molar-refractivity contribution in [3.63, 3.8) is 0 Å². The van der Waals surface area contributed by atoms with Crippen molar-refractivity contribution < 1.29 is 8.78 Å².